The summed E-state index contributed by atoms with van der Waals surface area (Å²) in [5.74, 6) is 0. The first-order valence-electron chi connectivity index (χ1n) is 19.4. The van der Waals surface area contributed by atoms with Gasteiger partial charge in [0.05, 0.1) is 22.1 Å². The van der Waals surface area contributed by atoms with Gasteiger partial charge in [-0.25, -0.2) is 0 Å². The summed E-state index contributed by atoms with van der Waals surface area (Å²) in [5.41, 5.74) is 16.7. The molecule has 11 rings (SSSR count). The minimum atomic E-state index is 1.05. The summed E-state index contributed by atoms with van der Waals surface area (Å²) in [7, 11) is 0. The number of fused-ring (bicyclic) bond motifs is 6. The van der Waals surface area contributed by atoms with Gasteiger partial charge >= 0.3 is 0 Å². The average Bonchev–Trinajstić information content (AvgIpc) is 3.79. The Morgan fingerprint density at radius 2 is 0.596 bits per heavy atom. The van der Waals surface area contributed by atoms with Crippen molar-refractivity contribution in [1.29, 1.82) is 0 Å². The predicted molar refractivity (Wildman–Crippen MR) is 245 cm³/mol. The van der Waals surface area contributed by atoms with Crippen LogP contribution in [0.5, 0.6) is 0 Å². The standard InChI is InChI=1S/C54H35BrN2/c55-44-32-42(40-23-29-53-49(34-40)47-15-7-9-17-51(47)56(53)45-25-19-38(20-26-45)36-11-3-1-4-12-36)31-43(33-44)41-24-30-54-50(35-41)48-16-8-10-18-52(48)57(54)46-27-21-39(22-28-46)37-13-5-2-6-14-37/h1-35H. The second-order valence-corrected chi connectivity index (χ2v) is 15.6. The van der Waals surface area contributed by atoms with Crippen LogP contribution in [0.4, 0.5) is 0 Å². The van der Waals surface area contributed by atoms with Crippen molar-refractivity contribution in [2.24, 2.45) is 0 Å². The SMILES string of the molecule is Brc1cc(-c2ccc3c(c2)c2ccccc2n3-c2ccc(-c3ccccc3)cc2)cc(-c2ccc3c(c2)c2ccccc2n3-c2ccc(-c3ccccc3)cc2)c1. The Morgan fingerprint density at radius 1 is 0.246 bits per heavy atom. The van der Waals surface area contributed by atoms with E-state index in [-0.39, 0.29) is 0 Å². The van der Waals surface area contributed by atoms with Crippen molar-refractivity contribution in [1.82, 2.24) is 9.13 Å². The van der Waals surface area contributed by atoms with Crippen molar-refractivity contribution in [3.63, 3.8) is 0 Å². The number of hydrogen-bond donors (Lipinski definition) is 0. The first-order valence-corrected chi connectivity index (χ1v) is 20.2. The van der Waals surface area contributed by atoms with Gasteiger partial charge in [-0.05, 0) is 123 Å². The lowest BCUT2D eigenvalue weighted by Crippen LogP contribution is -1.94. The average molecular weight is 792 g/mol. The summed E-state index contributed by atoms with van der Waals surface area (Å²) in [6.07, 6.45) is 0. The van der Waals surface area contributed by atoms with E-state index >= 15 is 0 Å². The van der Waals surface area contributed by atoms with Crippen LogP contribution in [0.2, 0.25) is 0 Å². The van der Waals surface area contributed by atoms with Crippen LogP contribution in [-0.2, 0) is 0 Å². The Hall–Kier alpha value is -6.94. The van der Waals surface area contributed by atoms with E-state index in [1.165, 1.54) is 88.1 Å². The smallest absolute Gasteiger partial charge is 0.0541 e. The summed E-state index contributed by atoms with van der Waals surface area (Å²) in [6, 6.07) is 77.0. The highest BCUT2D eigenvalue weighted by molar-refractivity contribution is 9.10. The van der Waals surface area contributed by atoms with Crippen molar-refractivity contribution in [2.45, 2.75) is 0 Å². The molecule has 0 bridgehead atoms. The predicted octanol–water partition coefficient (Wildman–Crippen LogP) is 15.3. The molecule has 0 amide bonds. The number of aromatic nitrogens is 2. The van der Waals surface area contributed by atoms with Gasteiger partial charge in [0.25, 0.3) is 0 Å². The van der Waals surface area contributed by atoms with Crippen molar-refractivity contribution >= 4 is 59.5 Å². The lowest BCUT2D eigenvalue weighted by atomic mass is 9.97. The molecule has 3 heteroatoms. The number of benzene rings is 9. The molecule has 0 saturated heterocycles. The number of nitrogens with zero attached hydrogens (tertiary/aromatic N) is 2. The zero-order chi connectivity index (χ0) is 37.9. The third kappa shape index (κ3) is 5.78. The molecule has 2 nitrogen and oxygen atoms in total. The molecule has 11 aromatic rings. The fourth-order valence-corrected chi connectivity index (χ4v) is 9.14. The minimum absolute atomic E-state index is 1.05. The lowest BCUT2D eigenvalue weighted by molar-refractivity contribution is 1.18. The Balaban J connectivity index is 0.986. The summed E-state index contributed by atoms with van der Waals surface area (Å²) in [4.78, 5) is 0. The van der Waals surface area contributed by atoms with Crippen LogP contribution < -0.4 is 0 Å². The molecule has 2 heterocycles. The fraction of sp³-hybridized carbons (Fsp3) is 0. The Labute approximate surface area is 339 Å². The molecule has 0 saturated carbocycles. The number of rotatable bonds is 6. The van der Waals surface area contributed by atoms with Crippen LogP contribution in [0.3, 0.4) is 0 Å². The first kappa shape index (κ1) is 33.4. The molecule has 0 spiro atoms. The van der Waals surface area contributed by atoms with Gasteiger partial charge in [-0.15, -0.1) is 0 Å². The van der Waals surface area contributed by atoms with E-state index in [2.05, 4.69) is 237 Å². The van der Waals surface area contributed by atoms with Gasteiger partial charge in [-0.3, -0.25) is 0 Å². The molecule has 0 fully saturated rings. The molecule has 0 atom stereocenters. The van der Waals surface area contributed by atoms with Crippen molar-refractivity contribution in [2.75, 3.05) is 0 Å². The van der Waals surface area contributed by atoms with Crippen molar-refractivity contribution < 1.29 is 0 Å². The van der Waals surface area contributed by atoms with E-state index < -0.39 is 0 Å². The van der Waals surface area contributed by atoms with Gasteiger partial charge in [0.15, 0.2) is 0 Å². The highest BCUT2D eigenvalue weighted by Gasteiger charge is 2.16. The molecule has 0 unspecified atom stereocenters. The summed E-state index contributed by atoms with van der Waals surface area (Å²) in [5, 5.41) is 4.96. The zero-order valence-electron chi connectivity index (χ0n) is 31.0. The van der Waals surface area contributed by atoms with Gasteiger partial charge in [0.1, 0.15) is 0 Å². The Bertz CT molecular complexity index is 3050. The molecule has 57 heavy (non-hydrogen) atoms. The molecule has 9 aromatic carbocycles. The van der Waals surface area contributed by atoms with E-state index in [0.29, 0.717) is 0 Å². The van der Waals surface area contributed by atoms with E-state index in [1.807, 2.05) is 0 Å². The summed E-state index contributed by atoms with van der Waals surface area (Å²) < 4.78 is 5.83. The molecular formula is C54H35BrN2. The van der Waals surface area contributed by atoms with Crippen LogP contribution in [-0.4, -0.2) is 9.13 Å². The molecule has 0 N–H and O–H groups in total. The molecule has 0 aliphatic carbocycles. The van der Waals surface area contributed by atoms with E-state index in [0.717, 1.165) is 15.8 Å². The molecule has 2 aromatic heterocycles. The number of halogens is 1. The molecule has 0 aliphatic rings. The van der Waals surface area contributed by atoms with E-state index in [1.54, 1.807) is 0 Å². The van der Waals surface area contributed by atoms with Crippen LogP contribution in [0, 0.1) is 0 Å². The second-order valence-electron chi connectivity index (χ2n) is 14.7. The number of para-hydroxylation sites is 2. The second kappa shape index (κ2) is 13.7. The highest BCUT2D eigenvalue weighted by atomic mass is 79.9. The van der Waals surface area contributed by atoms with Crippen LogP contribution in [0.15, 0.2) is 217 Å². The Kier molecular flexibility index (Phi) is 8.01. The minimum Gasteiger partial charge on any atom is -0.309 e. The molecule has 268 valence electrons. The third-order valence-corrected chi connectivity index (χ3v) is 11.8. The summed E-state index contributed by atoms with van der Waals surface area (Å²) >= 11 is 3.89. The quantitative estimate of drug-likeness (QED) is 0.159. The third-order valence-electron chi connectivity index (χ3n) is 11.4. The van der Waals surface area contributed by atoms with E-state index in [9.17, 15) is 0 Å². The largest absolute Gasteiger partial charge is 0.309 e. The monoisotopic (exact) mass is 790 g/mol. The van der Waals surface area contributed by atoms with Crippen LogP contribution >= 0.6 is 15.9 Å². The molecule has 0 radical (unpaired) electrons. The summed E-state index contributed by atoms with van der Waals surface area (Å²) in [6.45, 7) is 0. The topological polar surface area (TPSA) is 9.86 Å². The normalized spacial score (nSPS) is 11.6. The van der Waals surface area contributed by atoms with Crippen LogP contribution in [0.25, 0.3) is 99.5 Å². The van der Waals surface area contributed by atoms with Gasteiger partial charge < -0.3 is 9.13 Å². The van der Waals surface area contributed by atoms with Crippen molar-refractivity contribution in [3.05, 3.63) is 217 Å². The maximum absolute atomic E-state index is 3.89. The Morgan fingerprint density at radius 3 is 1.04 bits per heavy atom. The maximum Gasteiger partial charge on any atom is 0.0541 e. The van der Waals surface area contributed by atoms with Gasteiger partial charge in [0, 0.05) is 37.4 Å². The van der Waals surface area contributed by atoms with Gasteiger partial charge in [-0.2, -0.15) is 0 Å². The molecule has 0 aliphatic heterocycles. The van der Waals surface area contributed by atoms with E-state index in [4.69, 9.17) is 0 Å². The highest BCUT2D eigenvalue weighted by Crippen LogP contribution is 2.39. The zero-order valence-corrected chi connectivity index (χ0v) is 32.6. The fourth-order valence-electron chi connectivity index (χ4n) is 8.65. The van der Waals surface area contributed by atoms with Crippen molar-refractivity contribution in [3.8, 4) is 55.9 Å². The lowest BCUT2D eigenvalue weighted by Gasteiger charge is -2.11. The van der Waals surface area contributed by atoms with Gasteiger partial charge in [0.2, 0.25) is 0 Å². The number of hydrogen-bond acceptors (Lipinski definition) is 0. The molecular weight excluding hydrogens is 757 g/mol. The van der Waals surface area contributed by atoms with Gasteiger partial charge in [-0.1, -0.05) is 149 Å². The maximum atomic E-state index is 3.89. The first-order chi connectivity index (χ1) is 28.2. The van der Waals surface area contributed by atoms with Crippen LogP contribution in [0.1, 0.15) is 0 Å².